The Bertz CT molecular complexity index is 199. The summed E-state index contributed by atoms with van der Waals surface area (Å²) in [7, 11) is 0. The smallest absolute Gasteiger partial charge is 0.00702 e. The zero-order valence-corrected chi connectivity index (χ0v) is 7.87. The molecule has 0 saturated heterocycles. The molecule has 0 heterocycles. The van der Waals surface area contributed by atoms with Gasteiger partial charge in [-0.1, -0.05) is 6.92 Å². The Morgan fingerprint density at radius 1 is 1.08 bits per heavy atom. The molecule has 3 aliphatic rings. The topological polar surface area (TPSA) is 26.0 Å². The maximum absolute atomic E-state index is 6.12. The molecular weight excluding hydrogens is 146 g/mol. The van der Waals surface area contributed by atoms with Crippen molar-refractivity contribution in [3.05, 3.63) is 0 Å². The van der Waals surface area contributed by atoms with Crippen molar-refractivity contribution in [2.24, 2.45) is 35.3 Å². The molecule has 0 spiro atoms. The van der Waals surface area contributed by atoms with Crippen LogP contribution in [-0.2, 0) is 0 Å². The van der Waals surface area contributed by atoms with Gasteiger partial charge in [-0.05, 0) is 55.3 Å². The van der Waals surface area contributed by atoms with Gasteiger partial charge in [0.05, 0.1) is 0 Å². The summed E-state index contributed by atoms with van der Waals surface area (Å²) < 4.78 is 0. The normalized spacial score (nSPS) is 62.5. The lowest BCUT2D eigenvalue weighted by Gasteiger charge is -2.27. The highest BCUT2D eigenvalue weighted by atomic mass is 14.7. The van der Waals surface area contributed by atoms with Crippen LogP contribution >= 0.6 is 0 Å². The Labute approximate surface area is 74.7 Å². The highest BCUT2D eigenvalue weighted by molar-refractivity contribution is 5.05. The molecule has 0 aromatic rings. The maximum atomic E-state index is 6.12. The van der Waals surface area contributed by atoms with Crippen molar-refractivity contribution in [3.63, 3.8) is 0 Å². The molecule has 6 atom stereocenters. The van der Waals surface area contributed by atoms with Crippen molar-refractivity contribution >= 4 is 0 Å². The fourth-order valence-corrected chi connectivity index (χ4v) is 4.44. The first-order valence-corrected chi connectivity index (χ1v) is 5.53. The quantitative estimate of drug-likeness (QED) is 0.584. The molecule has 2 bridgehead atoms. The third-order valence-electron chi connectivity index (χ3n) is 4.98. The molecule has 0 aromatic carbocycles. The number of rotatable bonds is 0. The van der Waals surface area contributed by atoms with E-state index in [0.29, 0.717) is 6.04 Å². The van der Waals surface area contributed by atoms with Crippen molar-refractivity contribution < 1.29 is 0 Å². The zero-order valence-electron chi connectivity index (χ0n) is 7.87. The number of fused-ring (bicyclic) bond motifs is 5. The van der Waals surface area contributed by atoms with Crippen molar-refractivity contribution in [1.82, 2.24) is 0 Å². The molecule has 5 unspecified atom stereocenters. The van der Waals surface area contributed by atoms with E-state index in [0.717, 1.165) is 29.6 Å². The van der Waals surface area contributed by atoms with Gasteiger partial charge in [0.1, 0.15) is 0 Å². The van der Waals surface area contributed by atoms with E-state index in [4.69, 9.17) is 5.73 Å². The van der Waals surface area contributed by atoms with Gasteiger partial charge in [-0.15, -0.1) is 0 Å². The molecule has 1 heteroatoms. The predicted octanol–water partition coefficient (Wildman–Crippen LogP) is 2.02. The van der Waals surface area contributed by atoms with Gasteiger partial charge in [-0.25, -0.2) is 0 Å². The second-order valence-corrected chi connectivity index (χ2v) is 5.33. The Kier molecular flexibility index (Phi) is 1.39. The zero-order chi connectivity index (χ0) is 8.29. The fraction of sp³-hybridized carbons (Fsp3) is 1.00. The Morgan fingerprint density at radius 2 is 1.83 bits per heavy atom. The lowest BCUT2D eigenvalue weighted by atomic mass is 9.78. The summed E-state index contributed by atoms with van der Waals surface area (Å²) >= 11 is 0. The van der Waals surface area contributed by atoms with Crippen LogP contribution in [0.25, 0.3) is 0 Å². The monoisotopic (exact) mass is 165 g/mol. The summed E-state index contributed by atoms with van der Waals surface area (Å²) in [5.74, 6) is 5.04. The van der Waals surface area contributed by atoms with E-state index in [1.54, 1.807) is 6.42 Å². The number of hydrogen-bond donors (Lipinski definition) is 1. The van der Waals surface area contributed by atoms with E-state index in [9.17, 15) is 0 Å². The van der Waals surface area contributed by atoms with E-state index in [2.05, 4.69) is 6.92 Å². The summed E-state index contributed by atoms with van der Waals surface area (Å²) in [6, 6.07) is 0.531. The van der Waals surface area contributed by atoms with Gasteiger partial charge in [0.25, 0.3) is 0 Å². The second kappa shape index (κ2) is 2.25. The van der Waals surface area contributed by atoms with Gasteiger partial charge in [-0.3, -0.25) is 0 Å². The minimum Gasteiger partial charge on any atom is -0.327 e. The first-order chi connectivity index (χ1) is 5.77. The molecule has 0 aromatic heterocycles. The lowest BCUT2D eigenvalue weighted by molar-refractivity contribution is 0.219. The molecule has 3 saturated carbocycles. The number of nitrogens with two attached hydrogens (primary N) is 1. The third-order valence-corrected chi connectivity index (χ3v) is 4.98. The summed E-state index contributed by atoms with van der Waals surface area (Å²) in [6.45, 7) is 2.38. The highest BCUT2D eigenvalue weighted by Crippen LogP contribution is 2.60. The van der Waals surface area contributed by atoms with E-state index in [1.165, 1.54) is 19.3 Å². The number of hydrogen-bond acceptors (Lipinski definition) is 1. The lowest BCUT2D eigenvalue weighted by Crippen LogP contribution is -2.27. The molecule has 0 aliphatic heterocycles. The molecule has 2 N–H and O–H groups in total. The van der Waals surface area contributed by atoms with Crippen LogP contribution in [0.4, 0.5) is 0 Å². The Balaban J connectivity index is 1.90. The van der Waals surface area contributed by atoms with E-state index >= 15 is 0 Å². The van der Waals surface area contributed by atoms with E-state index < -0.39 is 0 Å². The first-order valence-electron chi connectivity index (χ1n) is 5.53. The molecule has 0 radical (unpaired) electrons. The molecule has 3 rings (SSSR count). The van der Waals surface area contributed by atoms with Gasteiger partial charge in [0.15, 0.2) is 0 Å². The van der Waals surface area contributed by atoms with Crippen molar-refractivity contribution in [2.75, 3.05) is 0 Å². The SMILES string of the molecule is CC1C(N)CC2C3CCC(C3)[C@@H]12. The standard InChI is InChI=1S/C11H19N/c1-6-10(12)5-9-7-2-3-8(4-7)11(6)9/h6-11H,2-5,12H2,1H3/t6?,7?,8?,9?,10?,11-/m1/s1. The van der Waals surface area contributed by atoms with Crippen LogP contribution in [0.3, 0.4) is 0 Å². The largest absolute Gasteiger partial charge is 0.327 e. The molecule has 1 nitrogen and oxygen atoms in total. The summed E-state index contributed by atoms with van der Waals surface area (Å²) in [6.07, 6.45) is 5.92. The third kappa shape index (κ3) is 0.736. The van der Waals surface area contributed by atoms with Crippen LogP contribution in [0, 0.1) is 29.6 Å². The van der Waals surface area contributed by atoms with Crippen molar-refractivity contribution in [2.45, 2.75) is 38.6 Å². The first kappa shape index (κ1) is 7.37. The average molecular weight is 165 g/mol. The minimum atomic E-state index is 0.531. The summed E-state index contributed by atoms with van der Waals surface area (Å²) in [5, 5.41) is 0. The van der Waals surface area contributed by atoms with Gasteiger partial charge in [0.2, 0.25) is 0 Å². The maximum Gasteiger partial charge on any atom is 0.00702 e. The minimum absolute atomic E-state index is 0.531. The van der Waals surface area contributed by atoms with Crippen LogP contribution in [-0.4, -0.2) is 6.04 Å². The van der Waals surface area contributed by atoms with Crippen molar-refractivity contribution in [3.8, 4) is 0 Å². The Morgan fingerprint density at radius 3 is 2.58 bits per heavy atom. The second-order valence-electron chi connectivity index (χ2n) is 5.33. The molecule has 3 aliphatic carbocycles. The molecule has 3 fully saturated rings. The van der Waals surface area contributed by atoms with Crippen LogP contribution < -0.4 is 5.73 Å². The molecular formula is C11H19N. The molecule has 12 heavy (non-hydrogen) atoms. The fourth-order valence-electron chi connectivity index (χ4n) is 4.44. The van der Waals surface area contributed by atoms with Gasteiger partial charge >= 0.3 is 0 Å². The van der Waals surface area contributed by atoms with E-state index in [-0.39, 0.29) is 0 Å². The molecule has 0 amide bonds. The van der Waals surface area contributed by atoms with Crippen molar-refractivity contribution in [1.29, 1.82) is 0 Å². The van der Waals surface area contributed by atoms with Crippen LogP contribution in [0.15, 0.2) is 0 Å². The summed E-state index contributed by atoms with van der Waals surface area (Å²) in [5.41, 5.74) is 6.12. The van der Waals surface area contributed by atoms with E-state index in [1.807, 2.05) is 0 Å². The van der Waals surface area contributed by atoms with Gasteiger partial charge in [-0.2, -0.15) is 0 Å². The van der Waals surface area contributed by atoms with Crippen LogP contribution in [0.5, 0.6) is 0 Å². The highest BCUT2D eigenvalue weighted by Gasteiger charge is 2.54. The van der Waals surface area contributed by atoms with Gasteiger partial charge in [0, 0.05) is 6.04 Å². The Hall–Kier alpha value is -0.0400. The van der Waals surface area contributed by atoms with Crippen LogP contribution in [0.1, 0.15) is 32.6 Å². The van der Waals surface area contributed by atoms with Gasteiger partial charge < -0.3 is 5.73 Å². The molecule has 68 valence electrons. The average Bonchev–Trinajstić information content (AvgIpc) is 2.66. The predicted molar refractivity (Wildman–Crippen MR) is 49.6 cm³/mol. The van der Waals surface area contributed by atoms with Crippen LogP contribution in [0.2, 0.25) is 0 Å². The summed E-state index contributed by atoms with van der Waals surface area (Å²) in [4.78, 5) is 0.